The fourth-order valence-electron chi connectivity index (χ4n) is 0.910. The van der Waals surface area contributed by atoms with Gasteiger partial charge < -0.3 is 4.74 Å². The number of carbonyl (C=O) groups is 1. The van der Waals surface area contributed by atoms with E-state index < -0.39 is 10.8 Å². The average Bonchev–Trinajstić information content (AvgIpc) is 2.20. The zero-order valence-electron chi connectivity index (χ0n) is 7.26. The molecule has 5 heteroatoms. The van der Waals surface area contributed by atoms with Crippen LogP contribution in [0.25, 0.3) is 0 Å². The molecule has 0 radical (unpaired) electrons. The van der Waals surface area contributed by atoms with Gasteiger partial charge in [0.25, 0.3) is 0 Å². The molecule has 76 valence electrons. The number of esters is 1. The van der Waals surface area contributed by atoms with Crippen molar-refractivity contribution >= 4 is 37.8 Å². The molecule has 1 rings (SSSR count). The van der Waals surface area contributed by atoms with Crippen LogP contribution >= 0.6 is 31.9 Å². The number of hydrogen-bond acceptors (Lipinski definition) is 2. The lowest BCUT2D eigenvalue weighted by Gasteiger charge is -2.08. The van der Waals surface area contributed by atoms with Crippen molar-refractivity contribution in [2.75, 3.05) is 7.11 Å². The van der Waals surface area contributed by atoms with E-state index >= 15 is 0 Å². The summed E-state index contributed by atoms with van der Waals surface area (Å²) in [4.78, 5) is 10.6. The van der Waals surface area contributed by atoms with Gasteiger partial charge in [-0.15, -0.1) is 0 Å². The second kappa shape index (κ2) is 4.89. The van der Waals surface area contributed by atoms with Crippen LogP contribution in [0, 0.1) is 5.82 Å². The van der Waals surface area contributed by atoms with Crippen molar-refractivity contribution in [1.82, 2.24) is 0 Å². The highest BCUT2D eigenvalue weighted by Gasteiger charge is 2.18. The Morgan fingerprint density at radius 3 is 2.71 bits per heavy atom. The third-order valence-corrected chi connectivity index (χ3v) is 3.15. The fraction of sp³-hybridized carbons (Fsp3) is 0.222. The average molecular weight is 326 g/mol. The van der Waals surface area contributed by atoms with E-state index in [2.05, 4.69) is 36.6 Å². The maximum Gasteiger partial charge on any atom is 0.323 e. The van der Waals surface area contributed by atoms with E-state index in [1.807, 2.05) is 0 Å². The normalized spacial score (nSPS) is 12.3. The Labute approximate surface area is 97.7 Å². The van der Waals surface area contributed by atoms with Gasteiger partial charge in [0.05, 0.1) is 11.6 Å². The lowest BCUT2D eigenvalue weighted by atomic mass is 10.1. The molecule has 1 aromatic carbocycles. The zero-order valence-corrected chi connectivity index (χ0v) is 10.4. The quantitative estimate of drug-likeness (QED) is 0.616. The summed E-state index contributed by atoms with van der Waals surface area (Å²) in [6.07, 6.45) is 0. The Hall–Kier alpha value is -0.420. The van der Waals surface area contributed by atoms with E-state index in [1.165, 1.54) is 25.3 Å². The summed E-state index contributed by atoms with van der Waals surface area (Å²) in [5, 5.41) is 0. The summed E-state index contributed by atoms with van der Waals surface area (Å²) >= 11 is 6.19. The maximum absolute atomic E-state index is 12.9. The van der Waals surface area contributed by atoms with E-state index in [0.29, 0.717) is 10.0 Å². The number of carbonyl (C=O) groups excluding carboxylic acids is 1. The monoisotopic (exact) mass is 324 g/mol. The number of methoxy groups -OCH3 is 1. The first-order chi connectivity index (χ1) is 6.56. The van der Waals surface area contributed by atoms with Crippen LogP contribution in [0.4, 0.5) is 4.39 Å². The molecule has 0 fully saturated rings. The Balaban J connectivity index is 2.96. The molecular formula is C9H7Br2FO2. The summed E-state index contributed by atoms with van der Waals surface area (Å²) < 4.78 is 17.7. The standard InChI is InChI=1S/C9H7Br2FO2/c1-14-9(13)8(11)5-2-3-7(12)6(10)4-5/h2-4,8H,1H3. The highest BCUT2D eigenvalue weighted by Crippen LogP contribution is 2.27. The minimum absolute atomic E-state index is 0.323. The molecule has 0 N–H and O–H groups in total. The van der Waals surface area contributed by atoms with Crippen molar-refractivity contribution in [2.24, 2.45) is 0 Å². The van der Waals surface area contributed by atoms with Gasteiger partial charge in [-0.1, -0.05) is 22.0 Å². The van der Waals surface area contributed by atoms with Crippen LogP contribution in [0.3, 0.4) is 0 Å². The van der Waals surface area contributed by atoms with Gasteiger partial charge in [0, 0.05) is 0 Å². The highest BCUT2D eigenvalue weighted by atomic mass is 79.9. The number of hydrogen-bond donors (Lipinski definition) is 0. The van der Waals surface area contributed by atoms with Crippen molar-refractivity contribution in [3.05, 3.63) is 34.1 Å². The Morgan fingerprint density at radius 2 is 2.21 bits per heavy atom. The summed E-state index contributed by atoms with van der Waals surface area (Å²) in [6, 6.07) is 4.35. The lowest BCUT2D eigenvalue weighted by molar-refractivity contribution is -0.139. The van der Waals surface area contributed by atoms with Gasteiger partial charge in [-0.2, -0.15) is 0 Å². The number of benzene rings is 1. The number of halogens is 3. The molecule has 2 nitrogen and oxygen atoms in total. The molecule has 14 heavy (non-hydrogen) atoms. The number of alkyl halides is 1. The van der Waals surface area contributed by atoms with Gasteiger partial charge in [0.1, 0.15) is 10.6 Å². The van der Waals surface area contributed by atoms with Gasteiger partial charge in [-0.3, -0.25) is 4.79 Å². The van der Waals surface area contributed by atoms with Crippen LogP contribution in [-0.2, 0) is 9.53 Å². The summed E-state index contributed by atoms with van der Waals surface area (Å²) in [6.45, 7) is 0. The van der Waals surface area contributed by atoms with Gasteiger partial charge >= 0.3 is 5.97 Å². The SMILES string of the molecule is COC(=O)C(Br)c1ccc(F)c(Br)c1. The molecule has 0 bridgehead atoms. The third kappa shape index (κ3) is 2.54. The second-order valence-electron chi connectivity index (χ2n) is 2.56. The first kappa shape index (κ1) is 11.7. The van der Waals surface area contributed by atoms with Crippen LogP contribution < -0.4 is 0 Å². The molecule has 1 aromatic rings. The van der Waals surface area contributed by atoms with Gasteiger partial charge in [0.2, 0.25) is 0 Å². The van der Waals surface area contributed by atoms with Crippen LogP contribution in [0.15, 0.2) is 22.7 Å². The third-order valence-electron chi connectivity index (χ3n) is 1.64. The van der Waals surface area contributed by atoms with E-state index in [4.69, 9.17) is 0 Å². The van der Waals surface area contributed by atoms with E-state index in [-0.39, 0.29) is 5.82 Å². The molecule has 0 saturated carbocycles. The van der Waals surface area contributed by atoms with Crippen LogP contribution in [0.5, 0.6) is 0 Å². The van der Waals surface area contributed by atoms with Gasteiger partial charge in [-0.25, -0.2) is 4.39 Å². The van der Waals surface area contributed by atoms with Gasteiger partial charge in [-0.05, 0) is 33.6 Å². The largest absolute Gasteiger partial charge is 0.468 e. The molecule has 0 aliphatic rings. The molecule has 0 spiro atoms. The van der Waals surface area contributed by atoms with Crippen LogP contribution in [-0.4, -0.2) is 13.1 Å². The number of rotatable bonds is 2. The summed E-state index contributed by atoms with van der Waals surface area (Å²) in [5.74, 6) is -0.776. The molecule has 1 unspecified atom stereocenters. The topological polar surface area (TPSA) is 26.3 Å². The molecule has 0 amide bonds. The molecule has 0 aromatic heterocycles. The van der Waals surface area contributed by atoms with Crippen LogP contribution in [0.1, 0.15) is 10.4 Å². The molecule has 0 saturated heterocycles. The minimum atomic E-state index is -0.565. The Morgan fingerprint density at radius 1 is 1.57 bits per heavy atom. The van der Waals surface area contributed by atoms with E-state index in [1.54, 1.807) is 0 Å². The minimum Gasteiger partial charge on any atom is -0.468 e. The highest BCUT2D eigenvalue weighted by molar-refractivity contribution is 9.10. The molecule has 0 aliphatic carbocycles. The first-order valence-corrected chi connectivity index (χ1v) is 5.44. The van der Waals surface area contributed by atoms with Crippen molar-refractivity contribution < 1.29 is 13.9 Å². The predicted molar refractivity (Wildman–Crippen MR) is 57.8 cm³/mol. The number of ether oxygens (including phenoxy) is 1. The molecular weight excluding hydrogens is 319 g/mol. The van der Waals surface area contributed by atoms with Crippen molar-refractivity contribution in [3.8, 4) is 0 Å². The molecule has 1 atom stereocenters. The van der Waals surface area contributed by atoms with E-state index in [9.17, 15) is 9.18 Å². The summed E-state index contributed by atoms with van der Waals surface area (Å²) in [5.41, 5.74) is 0.644. The summed E-state index contributed by atoms with van der Waals surface area (Å²) in [7, 11) is 1.30. The Bertz CT molecular complexity index is 355. The van der Waals surface area contributed by atoms with E-state index in [0.717, 1.165) is 0 Å². The smallest absolute Gasteiger partial charge is 0.323 e. The maximum atomic E-state index is 12.9. The van der Waals surface area contributed by atoms with Crippen molar-refractivity contribution in [2.45, 2.75) is 4.83 Å². The lowest BCUT2D eigenvalue weighted by Crippen LogP contribution is -2.08. The predicted octanol–water partition coefficient (Wildman–Crippen LogP) is 3.20. The van der Waals surface area contributed by atoms with Crippen molar-refractivity contribution in [1.29, 1.82) is 0 Å². The fourth-order valence-corrected chi connectivity index (χ4v) is 1.78. The van der Waals surface area contributed by atoms with Crippen molar-refractivity contribution in [3.63, 3.8) is 0 Å². The zero-order chi connectivity index (χ0) is 10.7. The van der Waals surface area contributed by atoms with Gasteiger partial charge in [0.15, 0.2) is 0 Å². The van der Waals surface area contributed by atoms with Crippen LogP contribution in [0.2, 0.25) is 0 Å². The first-order valence-electron chi connectivity index (χ1n) is 3.73. The molecule has 0 aliphatic heterocycles. The molecule has 0 heterocycles. The second-order valence-corrected chi connectivity index (χ2v) is 4.33. The Kier molecular flexibility index (Phi) is 4.07.